The highest BCUT2D eigenvalue weighted by Gasteiger charge is 2.12. The quantitative estimate of drug-likeness (QED) is 0.560. The first-order valence-corrected chi connectivity index (χ1v) is 3.91. The Bertz CT molecular complexity index is 61.5. The second-order valence-corrected chi connectivity index (χ2v) is 3.62. The van der Waals surface area contributed by atoms with Gasteiger partial charge in [0.1, 0.15) is 0 Å². The van der Waals surface area contributed by atoms with Crippen LogP contribution in [0.1, 0.15) is 46.5 Å². The SMILES string of the molecule is CCCCCC(C)(C)[NH3+]. The first-order valence-electron chi connectivity index (χ1n) is 3.91. The Morgan fingerprint density at radius 1 is 1.22 bits per heavy atom. The molecule has 0 radical (unpaired) electrons. The molecule has 0 aliphatic heterocycles. The van der Waals surface area contributed by atoms with E-state index in [1.54, 1.807) is 0 Å². The fraction of sp³-hybridized carbons (Fsp3) is 1.00. The molecule has 0 saturated carbocycles. The molecule has 0 heterocycles. The normalized spacial score (nSPS) is 12.0. The van der Waals surface area contributed by atoms with Crippen LogP contribution in [-0.2, 0) is 0 Å². The Labute approximate surface area is 58.6 Å². The van der Waals surface area contributed by atoms with Crippen molar-refractivity contribution in [3.8, 4) is 0 Å². The van der Waals surface area contributed by atoms with Crippen LogP contribution in [0, 0.1) is 0 Å². The predicted molar refractivity (Wildman–Crippen MR) is 41.1 cm³/mol. The Balaban J connectivity index is 3.07. The average molecular weight is 130 g/mol. The number of unbranched alkanes of at least 4 members (excludes halogenated alkanes) is 2. The molecule has 3 N–H and O–H groups in total. The van der Waals surface area contributed by atoms with E-state index >= 15 is 0 Å². The van der Waals surface area contributed by atoms with Crippen molar-refractivity contribution in [3.05, 3.63) is 0 Å². The predicted octanol–water partition coefficient (Wildman–Crippen LogP) is 1.59. The second-order valence-electron chi connectivity index (χ2n) is 3.62. The van der Waals surface area contributed by atoms with E-state index in [1.807, 2.05) is 0 Å². The summed E-state index contributed by atoms with van der Waals surface area (Å²) in [5.41, 5.74) is 4.34. The fourth-order valence-corrected chi connectivity index (χ4v) is 0.854. The fourth-order valence-electron chi connectivity index (χ4n) is 0.854. The van der Waals surface area contributed by atoms with Crippen molar-refractivity contribution in [1.82, 2.24) is 0 Å². The molecule has 1 heteroatoms. The van der Waals surface area contributed by atoms with Crippen LogP contribution in [0.4, 0.5) is 0 Å². The number of hydrogen-bond acceptors (Lipinski definition) is 0. The van der Waals surface area contributed by atoms with E-state index in [4.69, 9.17) is 0 Å². The second kappa shape index (κ2) is 3.89. The summed E-state index contributed by atoms with van der Waals surface area (Å²) < 4.78 is 0. The number of rotatable bonds is 4. The largest absolute Gasteiger partial charge is 0.353 e. The summed E-state index contributed by atoms with van der Waals surface area (Å²) in [6.45, 7) is 6.63. The molecule has 0 aromatic carbocycles. The maximum absolute atomic E-state index is 4.04. The molecule has 0 atom stereocenters. The average Bonchev–Trinajstić information content (AvgIpc) is 1.63. The van der Waals surface area contributed by atoms with Gasteiger partial charge in [-0.1, -0.05) is 19.8 Å². The summed E-state index contributed by atoms with van der Waals surface area (Å²) in [4.78, 5) is 0. The first kappa shape index (κ1) is 8.96. The molecule has 0 amide bonds. The molecule has 0 bridgehead atoms. The van der Waals surface area contributed by atoms with Gasteiger partial charge in [0.25, 0.3) is 0 Å². The van der Waals surface area contributed by atoms with Gasteiger partial charge in [0.2, 0.25) is 0 Å². The van der Waals surface area contributed by atoms with E-state index in [0.717, 1.165) is 0 Å². The maximum atomic E-state index is 4.04. The molecule has 1 nitrogen and oxygen atoms in total. The minimum Gasteiger partial charge on any atom is -0.353 e. The van der Waals surface area contributed by atoms with E-state index in [1.165, 1.54) is 25.7 Å². The highest BCUT2D eigenvalue weighted by molar-refractivity contribution is 4.61. The molecule has 0 aromatic rings. The minimum atomic E-state index is 0.301. The van der Waals surface area contributed by atoms with Crippen molar-refractivity contribution in [2.24, 2.45) is 0 Å². The van der Waals surface area contributed by atoms with Crippen LogP contribution in [0.3, 0.4) is 0 Å². The molecular weight excluding hydrogens is 110 g/mol. The van der Waals surface area contributed by atoms with E-state index in [-0.39, 0.29) is 0 Å². The van der Waals surface area contributed by atoms with Gasteiger partial charge < -0.3 is 5.73 Å². The van der Waals surface area contributed by atoms with Crippen LogP contribution in [-0.4, -0.2) is 5.54 Å². The van der Waals surface area contributed by atoms with E-state index in [2.05, 4.69) is 26.5 Å². The van der Waals surface area contributed by atoms with Crippen LogP contribution in [0.2, 0.25) is 0 Å². The molecule has 9 heavy (non-hydrogen) atoms. The molecule has 0 rings (SSSR count). The third kappa shape index (κ3) is 7.96. The van der Waals surface area contributed by atoms with E-state index in [0.29, 0.717) is 5.54 Å². The summed E-state index contributed by atoms with van der Waals surface area (Å²) in [6.07, 6.45) is 5.28. The Morgan fingerprint density at radius 2 is 1.78 bits per heavy atom. The molecule has 0 unspecified atom stereocenters. The molecule has 0 fully saturated rings. The molecule has 56 valence electrons. The molecule has 0 spiro atoms. The Kier molecular flexibility index (Phi) is 3.87. The van der Waals surface area contributed by atoms with Crippen LogP contribution in [0.25, 0.3) is 0 Å². The van der Waals surface area contributed by atoms with E-state index < -0.39 is 0 Å². The van der Waals surface area contributed by atoms with Gasteiger partial charge in [-0.25, -0.2) is 0 Å². The van der Waals surface area contributed by atoms with Crippen LogP contribution < -0.4 is 5.73 Å². The van der Waals surface area contributed by atoms with Crippen LogP contribution >= 0.6 is 0 Å². The van der Waals surface area contributed by atoms with E-state index in [9.17, 15) is 0 Å². The Hall–Kier alpha value is -0.0400. The zero-order chi connectivity index (χ0) is 7.33. The van der Waals surface area contributed by atoms with Crippen LogP contribution in [0.5, 0.6) is 0 Å². The molecule has 0 aromatic heterocycles. The van der Waals surface area contributed by atoms with Gasteiger partial charge in [-0.2, -0.15) is 0 Å². The number of hydrogen-bond donors (Lipinski definition) is 1. The highest BCUT2D eigenvalue weighted by Crippen LogP contribution is 2.07. The third-order valence-electron chi connectivity index (χ3n) is 1.46. The van der Waals surface area contributed by atoms with Crippen molar-refractivity contribution in [2.75, 3.05) is 0 Å². The van der Waals surface area contributed by atoms with Gasteiger partial charge in [0.15, 0.2) is 0 Å². The lowest BCUT2D eigenvalue weighted by Crippen LogP contribution is -2.68. The standard InChI is InChI=1S/C8H19N/c1-4-5-6-7-8(2,3)9/h4-7,9H2,1-3H3/p+1. The van der Waals surface area contributed by atoms with Crippen molar-refractivity contribution in [1.29, 1.82) is 0 Å². The monoisotopic (exact) mass is 130 g/mol. The smallest absolute Gasteiger partial charge is 0.0889 e. The lowest BCUT2D eigenvalue weighted by molar-refractivity contribution is -0.467. The summed E-state index contributed by atoms with van der Waals surface area (Å²) in [6, 6.07) is 0. The van der Waals surface area contributed by atoms with Gasteiger partial charge in [0, 0.05) is 6.42 Å². The van der Waals surface area contributed by atoms with Crippen molar-refractivity contribution >= 4 is 0 Å². The van der Waals surface area contributed by atoms with Crippen molar-refractivity contribution in [3.63, 3.8) is 0 Å². The molecule has 0 aliphatic rings. The van der Waals surface area contributed by atoms with Crippen LogP contribution in [0.15, 0.2) is 0 Å². The summed E-state index contributed by atoms with van der Waals surface area (Å²) in [7, 11) is 0. The van der Waals surface area contributed by atoms with Gasteiger partial charge in [-0.3, -0.25) is 0 Å². The molecular formula is C8H20N+. The summed E-state index contributed by atoms with van der Waals surface area (Å²) >= 11 is 0. The topological polar surface area (TPSA) is 27.6 Å². The summed E-state index contributed by atoms with van der Waals surface area (Å²) in [5, 5.41) is 0. The van der Waals surface area contributed by atoms with Gasteiger partial charge in [-0.05, 0) is 20.3 Å². The zero-order valence-corrected chi connectivity index (χ0v) is 7.04. The maximum Gasteiger partial charge on any atom is 0.0889 e. The van der Waals surface area contributed by atoms with Gasteiger partial charge >= 0.3 is 0 Å². The lowest BCUT2D eigenvalue weighted by atomic mass is 9.98. The van der Waals surface area contributed by atoms with Gasteiger partial charge in [-0.15, -0.1) is 0 Å². The molecule has 0 aliphatic carbocycles. The highest BCUT2D eigenvalue weighted by atomic mass is 14.7. The lowest BCUT2D eigenvalue weighted by Gasteiger charge is -2.13. The first-order chi connectivity index (χ1) is 4.06. The molecule has 0 saturated heterocycles. The number of quaternary nitrogens is 1. The Morgan fingerprint density at radius 3 is 2.11 bits per heavy atom. The third-order valence-corrected chi connectivity index (χ3v) is 1.46. The van der Waals surface area contributed by atoms with Crippen molar-refractivity contribution in [2.45, 2.75) is 52.0 Å². The van der Waals surface area contributed by atoms with Gasteiger partial charge in [0.05, 0.1) is 5.54 Å². The zero-order valence-electron chi connectivity index (χ0n) is 7.04. The minimum absolute atomic E-state index is 0.301. The summed E-state index contributed by atoms with van der Waals surface area (Å²) in [5.74, 6) is 0. The van der Waals surface area contributed by atoms with Crippen molar-refractivity contribution < 1.29 is 5.73 Å².